The van der Waals surface area contributed by atoms with Gasteiger partial charge in [0.25, 0.3) is 0 Å². The highest BCUT2D eigenvalue weighted by Crippen LogP contribution is 2.24. The minimum absolute atomic E-state index is 0.142. The van der Waals surface area contributed by atoms with Crippen LogP contribution in [0.3, 0.4) is 0 Å². The largest absolute Gasteiger partial charge is 0.474 e. The van der Waals surface area contributed by atoms with Gasteiger partial charge in [0.05, 0.1) is 6.61 Å². The van der Waals surface area contributed by atoms with Crippen molar-refractivity contribution in [3.63, 3.8) is 0 Å². The molecule has 5 nitrogen and oxygen atoms in total. The van der Waals surface area contributed by atoms with Crippen LogP contribution < -0.4 is 10.1 Å². The Bertz CT molecular complexity index is 699. The quantitative estimate of drug-likeness (QED) is 0.786. The highest BCUT2D eigenvalue weighted by molar-refractivity contribution is 5.80. The molecule has 0 radical (unpaired) electrons. The summed E-state index contributed by atoms with van der Waals surface area (Å²) in [4.78, 5) is 16.6. The molecule has 26 heavy (non-hydrogen) atoms. The summed E-state index contributed by atoms with van der Waals surface area (Å²) in [7, 11) is 0. The van der Waals surface area contributed by atoms with Gasteiger partial charge in [0.15, 0.2) is 0 Å². The van der Waals surface area contributed by atoms with Gasteiger partial charge in [-0.3, -0.25) is 4.79 Å². The lowest BCUT2D eigenvalue weighted by molar-refractivity contribution is -0.132. The Labute approximate surface area is 154 Å². The number of rotatable bonds is 8. The van der Waals surface area contributed by atoms with Crippen molar-refractivity contribution < 1.29 is 14.3 Å². The van der Waals surface area contributed by atoms with Crippen molar-refractivity contribution in [2.24, 2.45) is 0 Å². The zero-order valence-electron chi connectivity index (χ0n) is 15.2. The Kier molecular flexibility index (Phi) is 6.61. The maximum Gasteiger partial charge on any atom is 0.249 e. The van der Waals surface area contributed by atoms with Crippen molar-refractivity contribution in [1.82, 2.24) is 10.3 Å². The Morgan fingerprint density at radius 1 is 1.19 bits per heavy atom. The Morgan fingerprint density at radius 3 is 2.73 bits per heavy atom. The van der Waals surface area contributed by atoms with Gasteiger partial charge >= 0.3 is 0 Å². The van der Waals surface area contributed by atoms with E-state index in [-0.39, 0.29) is 12.0 Å². The highest BCUT2D eigenvalue weighted by Gasteiger charge is 2.19. The minimum Gasteiger partial charge on any atom is -0.474 e. The second kappa shape index (κ2) is 9.34. The Balaban J connectivity index is 1.49. The smallest absolute Gasteiger partial charge is 0.249 e. The fraction of sp³-hybridized carbons (Fsp3) is 0.429. The average Bonchev–Trinajstić information content (AvgIpc) is 3.19. The van der Waals surface area contributed by atoms with Crippen molar-refractivity contribution in [2.75, 3.05) is 0 Å². The first kappa shape index (κ1) is 18.4. The molecule has 5 heteroatoms. The van der Waals surface area contributed by atoms with Crippen molar-refractivity contribution in [3.8, 4) is 5.88 Å². The zero-order valence-corrected chi connectivity index (χ0v) is 15.2. The molecule has 138 valence electrons. The van der Waals surface area contributed by atoms with Crippen molar-refractivity contribution in [2.45, 2.75) is 58.0 Å². The van der Waals surface area contributed by atoms with Crippen molar-refractivity contribution in [1.29, 1.82) is 0 Å². The number of aromatic nitrogens is 1. The van der Waals surface area contributed by atoms with E-state index in [2.05, 4.69) is 10.3 Å². The molecule has 1 aromatic heterocycles. The molecule has 1 N–H and O–H groups in total. The molecule has 1 amide bonds. The van der Waals surface area contributed by atoms with E-state index in [0.29, 0.717) is 19.0 Å². The van der Waals surface area contributed by atoms with Gasteiger partial charge in [0, 0.05) is 18.3 Å². The van der Waals surface area contributed by atoms with Crippen LogP contribution in [0.2, 0.25) is 0 Å². The highest BCUT2D eigenvalue weighted by atomic mass is 16.5. The van der Waals surface area contributed by atoms with Gasteiger partial charge in [-0.05, 0) is 44.2 Å². The van der Waals surface area contributed by atoms with Crippen LogP contribution in [0.25, 0.3) is 0 Å². The van der Waals surface area contributed by atoms with E-state index in [4.69, 9.17) is 9.47 Å². The van der Waals surface area contributed by atoms with E-state index in [9.17, 15) is 4.79 Å². The van der Waals surface area contributed by atoms with Crippen molar-refractivity contribution >= 4 is 5.91 Å². The van der Waals surface area contributed by atoms with Crippen LogP contribution >= 0.6 is 0 Å². The predicted octanol–water partition coefficient (Wildman–Crippen LogP) is 3.62. The first-order valence-electron chi connectivity index (χ1n) is 9.26. The zero-order chi connectivity index (χ0) is 18.2. The molecule has 0 unspecified atom stereocenters. The van der Waals surface area contributed by atoms with Gasteiger partial charge in [-0.1, -0.05) is 36.4 Å². The van der Waals surface area contributed by atoms with Gasteiger partial charge in [0.2, 0.25) is 11.8 Å². The van der Waals surface area contributed by atoms with Crippen LogP contribution in [0, 0.1) is 0 Å². The number of nitrogens with zero attached hydrogens (tertiary/aromatic N) is 1. The fourth-order valence-corrected chi connectivity index (χ4v) is 3.03. The first-order valence-corrected chi connectivity index (χ1v) is 9.26. The van der Waals surface area contributed by atoms with E-state index < -0.39 is 6.10 Å². The van der Waals surface area contributed by atoms with Crippen LogP contribution in [-0.4, -0.2) is 23.1 Å². The van der Waals surface area contributed by atoms with E-state index >= 15 is 0 Å². The number of carbonyl (C=O) groups is 1. The molecule has 1 aromatic carbocycles. The number of nitrogens with one attached hydrogen (secondary N) is 1. The van der Waals surface area contributed by atoms with Gasteiger partial charge in [-0.2, -0.15) is 0 Å². The summed E-state index contributed by atoms with van der Waals surface area (Å²) in [5.74, 6) is 0.481. The Hall–Kier alpha value is -2.40. The van der Waals surface area contributed by atoms with E-state index in [0.717, 1.165) is 24.0 Å². The van der Waals surface area contributed by atoms with Gasteiger partial charge in [-0.25, -0.2) is 4.98 Å². The SMILES string of the molecule is C[C@@H](OCc1ccccc1)C(=O)NCc1cccnc1OC1CCCC1. The molecular weight excluding hydrogens is 328 g/mol. The number of amides is 1. The molecule has 1 aliphatic carbocycles. The van der Waals surface area contributed by atoms with Crippen LogP contribution in [-0.2, 0) is 22.7 Å². The van der Waals surface area contributed by atoms with Crippen LogP contribution in [0.4, 0.5) is 0 Å². The molecule has 2 aromatic rings. The molecule has 0 aliphatic heterocycles. The van der Waals surface area contributed by atoms with Crippen LogP contribution in [0.15, 0.2) is 48.7 Å². The summed E-state index contributed by atoms with van der Waals surface area (Å²) < 4.78 is 11.7. The number of hydrogen-bond donors (Lipinski definition) is 1. The van der Waals surface area contributed by atoms with Gasteiger partial charge in [0.1, 0.15) is 12.2 Å². The monoisotopic (exact) mass is 354 g/mol. The lowest BCUT2D eigenvalue weighted by atomic mass is 10.2. The minimum atomic E-state index is -0.522. The number of pyridine rings is 1. The maximum atomic E-state index is 12.3. The maximum absolute atomic E-state index is 12.3. The third-order valence-corrected chi connectivity index (χ3v) is 4.60. The van der Waals surface area contributed by atoms with E-state index in [1.807, 2.05) is 42.5 Å². The van der Waals surface area contributed by atoms with Crippen molar-refractivity contribution in [3.05, 3.63) is 59.8 Å². The second-order valence-corrected chi connectivity index (χ2v) is 6.65. The topological polar surface area (TPSA) is 60.5 Å². The molecule has 1 fully saturated rings. The van der Waals surface area contributed by atoms with Crippen LogP contribution in [0.1, 0.15) is 43.7 Å². The summed E-state index contributed by atoms with van der Waals surface area (Å²) in [6.07, 6.45) is 6.01. The van der Waals surface area contributed by atoms with E-state index in [1.54, 1.807) is 13.1 Å². The third-order valence-electron chi connectivity index (χ3n) is 4.60. The van der Waals surface area contributed by atoms with Crippen LogP contribution in [0.5, 0.6) is 5.88 Å². The Morgan fingerprint density at radius 2 is 1.96 bits per heavy atom. The molecule has 1 aliphatic rings. The van der Waals surface area contributed by atoms with E-state index in [1.165, 1.54) is 12.8 Å². The molecule has 1 atom stereocenters. The molecule has 0 bridgehead atoms. The van der Waals surface area contributed by atoms with Gasteiger partial charge in [-0.15, -0.1) is 0 Å². The molecule has 0 spiro atoms. The standard InChI is InChI=1S/C21H26N2O3/c1-16(25-15-17-8-3-2-4-9-17)20(24)23-14-18-10-7-13-22-21(18)26-19-11-5-6-12-19/h2-4,7-10,13,16,19H,5-6,11-12,14-15H2,1H3,(H,23,24)/t16-/m1/s1. The summed E-state index contributed by atoms with van der Waals surface area (Å²) in [6.45, 7) is 2.56. The molecule has 0 saturated heterocycles. The fourth-order valence-electron chi connectivity index (χ4n) is 3.03. The summed E-state index contributed by atoms with van der Waals surface area (Å²) in [5, 5.41) is 2.92. The molecular formula is C21H26N2O3. The number of carbonyl (C=O) groups excluding carboxylic acids is 1. The van der Waals surface area contributed by atoms with Gasteiger partial charge < -0.3 is 14.8 Å². The molecule has 3 rings (SSSR count). The summed E-state index contributed by atoms with van der Waals surface area (Å²) in [6, 6.07) is 13.6. The third kappa shape index (κ3) is 5.30. The normalized spacial score (nSPS) is 15.6. The number of hydrogen-bond acceptors (Lipinski definition) is 4. The average molecular weight is 354 g/mol. The lowest BCUT2D eigenvalue weighted by Gasteiger charge is -2.17. The first-order chi connectivity index (χ1) is 12.7. The second-order valence-electron chi connectivity index (χ2n) is 6.65. The summed E-state index contributed by atoms with van der Waals surface area (Å²) in [5.41, 5.74) is 1.94. The number of benzene rings is 1. The summed E-state index contributed by atoms with van der Waals surface area (Å²) >= 11 is 0. The lowest BCUT2D eigenvalue weighted by Crippen LogP contribution is -2.34. The predicted molar refractivity (Wildman–Crippen MR) is 99.7 cm³/mol. The molecule has 1 heterocycles. The molecule has 1 saturated carbocycles. The number of ether oxygens (including phenoxy) is 2.